The Labute approximate surface area is 561 Å². The van der Waals surface area contributed by atoms with Crippen molar-refractivity contribution in [2.24, 2.45) is 40.4 Å². The van der Waals surface area contributed by atoms with E-state index >= 15 is 0 Å². The van der Waals surface area contributed by atoms with Gasteiger partial charge in [-0.15, -0.1) is 0 Å². The highest BCUT2D eigenvalue weighted by Crippen LogP contribution is 2.69. The molecule has 31 heteroatoms. The number of fused-ring (bicyclic) bond motifs is 5. The minimum atomic E-state index is -1.92. The van der Waals surface area contributed by atoms with E-state index in [1.54, 1.807) is 6.92 Å². The van der Waals surface area contributed by atoms with E-state index < -0.39 is 221 Å². The van der Waals surface area contributed by atoms with Crippen LogP contribution < -0.4 is 9.47 Å². The van der Waals surface area contributed by atoms with Gasteiger partial charge in [0.2, 0.25) is 0 Å². The van der Waals surface area contributed by atoms with E-state index in [9.17, 15) is 85.9 Å². The Bertz CT molecular complexity index is 2860. The standard InChI is InChI=1S/C66H100O31/c1-27(2)9-13-36(70)28(3)66(83)44(94-63-57(89-29(4)69)54(38(72)25-87-63)96-62-56(45(73)37(71)24-86-62)95-58(82)30-10-14-39(84-7)40(19-30)85-8)21-35-33-12-11-31-20-32(15-17-64(31,5)34(33)16-18-65(35,66)6)90-60-51(79)49(77)47(75)43(93-60)26-88-59-53(81)50(78)55(42(23-68)92-59)97-61-52(80)48(76)46(74)41(22-67)91-61/h10-11,14,19,27-28,32-35,37-38,41-57,59-63,67-68,71-81,83H,9,12-13,15-18,20-26H2,1-8H3/t28-,32-,33+,34-,35-,37+,38-,41+,42+,43+,44-,45-,46+,47+,48-,49-,50+,51+,52+,53+,54-,55+,56+,57+,59+,60+,61-,62-,63-,64-,65-,66+/m0/s1. The molecular weight excluding hydrogens is 1290 g/mol. The third-order valence-corrected chi connectivity index (χ3v) is 22.4. The van der Waals surface area contributed by atoms with Crippen LogP contribution in [0, 0.1) is 40.4 Å². The third-order valence-electron chi connectivity index (χ3n) is 22.4. The summed E-state index contributed by atoms with van der Waals surface area (Å²) in [5.74, 6) is -2.59. The second-order valence-corrected chi connectivity index (χ2v) is 28.5. The first-order valence-electron chi connectivity index (χ1n) is 33.6. The molecule has 31 nitrogen and oxygen atoms in total. The van der Waals surface area contributed by atoms with Crippen molar-refractivity contribution in [3.05, 3.63) is 35.4 Å². The maximum atomic E-state index is 14.5. The molecule has 9 aliphatic rings. The molecule has 5 aliphatic heterocycles. The van der Waals surface area contributed by atoms with Crippen LogP contribution in [0.5, 0.6) is 11.5 Å². The smallest absolute Gasteiger partial charge is 0.338 e. The zero-order valence-electron chi connectivity index (χ0n) is 55.7. The van der Waals surface area contributed by atoms with Crippen molar-refractivity contribution < 1.29 is 152 Å². The largest absolute Gasteiger partial charge is 0.493 e. The SMILES string of the molecule is COc1ccc(C(=O)O[C@H]2[C@H](O[C@@H]3[C@@H](OC(C)=O)[C@H](O[C@H]4C[C@H]5[C@@H]6CC=C7C[C@@H](O[C@@H]8O[C@H](CO[C@@H]9O[C@H](CO)[C@@H](O[C@@H]%10O[C@H](CO)[C@@H](O)[C@H](O)[C@H]%10O)[C@H](O)[C@H]9O)[C@@H](O)[C@H](O)[C@H]8O)CC[C@]7(C)[C@H]6CC[C@]5(C)[C@@]4(O)[C@@H](C)C(=O)CCC(C)C)OC[C@@H]3O)OC[C@@H](O)[C@@H]2O)cc1OC. The molecule has 5 heterocycles. The molecule has 0 spiro atoms. The van der Waals surface area contributed by atoms with Gasteiger partial charge < -0.3 is 138 Å². The summed E-state index contributed by atoms with van der Waals surface area (Å²) < 4.78 is 82.6. The van der Waals surface area contributed by atoms with Crippen molar-refractivity contribution in [1.29, 1.82) is 0 Å². The third kappa shape index (κ3) is 14.8. The molecule has 8 fully saturated rings. The van der Waals surface area contributed by atoms with Gasteiger partial charge in [0, 0.05) is 24.7 Å². The van der Waals surface area contributed by atoms with Crippen LogP contribution in [0.2, 0.25) is 0 Å². The molecule has 32 atom stereocenters. The lowest BCUT2D eigenvalue weighted by atomic mass is 9.46. The van der Waals surface area contributed by atoms with Gasteiger partial charge in [0.1, 0.15) is 109 Å². The highest BCUT2D eigenvalue weighted by Gasteiger charge is 2.71. The van der Waals surface area contributed by atoms with Gasteiger partial charge in [-0.2, -0.15) is 0 Å². The number of ketones is 1. The van der Waals surface area contributed by atoms with Crippen LogP contribution in [0.15, 0.2) is 29.8 Å². The topological polar surface area (TPSA) is 464 Å². The van der Waals surface area contributed by atoms with Crippen LogP contribution >= 0.6 is 0 Å². The summed E-state index contributed by atoms with van der Waals surface area (Å²) in [5.41, 5.74) is -2.17. The molecule has 0 radical (unpaired) electrons. The summed E-state index contributed by atoms with van der Waals surface area (Å²) in [7, 11) is 2.79. The molecule has 1 aromatic rings. The molecular formula is C66H100O31. The zero-order chi connectivity index (χ0) is 70.5. The van der Waals surface area contributed by atoms with Crippen LogP contribution in [0.4, 0.5) is 0 Å². The molecule has 0 bridgehead atoms. The molecule has 0 amide bonds. The number of allylic oxidation sites excluding steroid dienone is 1. The number of hydrogen-bond donors (Lipinski definition) is 14. The van der Waals surface area contributed by atoms with Crippen molar-refractivity contribution in [2.45, 2.75) is 258 Å². The first-order valence-corrected chi connectivity index (χ1v) is 33.6. The minimum Gasteiger partial charge on any atom is -0.493 e. The second kappa shape index (κ2) is 31.0. The normalized spacial score (nSPS) is 45.6. The Morgan fingerprint density at radius 2 is 1.23 bits per heavy atom. The number of methoxy groups -OCH3 is 2. The monoisotopic (exact) mass is 1390 g/mol. The van der Waals surface area contributed by atoms with Crippen molar-refractivity contribution >= 4 is 17.7 Å². The summed E-state index contributed by atoms with van der Waals surface area (Å²) in [6, 6.07) is 4.21. The molecule has 97 heavy (non-hydrogen) atoms. The predicted octanol–water partition coefficient (Wildman–Crippen LogP) is -2.49. The van der Waals surface area contributed by atoms with Crippen LogP contribution in [0.3, 0.4) is 0 Å². The van der Waals surface area contributed by atoms with E-state index in [4.69, 9.17) is 66.3 Å². The van der Waals surface area contributed by atoms with Gasteiger partial charge in [-0.05, 0) is 98.7 Å². The Balaban J connectivity index is 0.830. The van der Waals surface area contributed by atoms with Gasteiger partial charge in [0.15, 0.2) is 55.2 Å². The molecule has 3 saturated carbocycles. The quantitative estimate of drug-likeness (QED) is 0.0398. The van der Waals surface area contributed by atoms with Gasteiger partial charge in [-0.25, -0.2) is 4.79 Å². The highest BCUT2D eigenvalue weighted by atomic mass is 16.8. The van der Waals surface area contributed by atoms with Gasteiger partial charge >= 0.3 is 11.9 Å². The average molecular weight is 1390 g/mol. The summed E-state index contributed by atoms with van der Waals surface area (Å²) in [5, 5.41) is 154. The van der Waals surface area contributed by atoms with Crippen molar-refractivity contribution in [2.75, 3.05) is 47.3 Å². The molecule has 0 aromatic heterocycles. The number of ether oxygens (including phenoxy) is 14. The maximum absolute atomic E-state index is 14.5. The van der Waals surface area contributed by atoms with Crippen molar-refractivity contribution in [3.63, 3.8) is 0 Å². The maximum Gasteiger partial charge on any atom is 0.338 e. The van der Waals surface area contributed by atoms with E-state index in [1.807, 2.05) is 20.8 Å². The van der Waals surface area contributed by atoms with E-state index in [1.165, 1.54) is 32.4 Å². The minimum absolute atomic E-state index is 0.0253. The molecule has 10 rings (SSSR count). The lowest BCUT2D eigenvalue weighted by Gasteiger charge is -2.59. The first-order chi connectivity index (χ1) is 45.9. The lowest BCUT2D eigenvalue weighted by Crippen LogP contribution is -2.65. The van der Waals surface area contributed by atoms with Crippen LogP contribution in [-0.4, -0.2) is 296 Å². The number of rotatable bonds is 23. The van der Waals surface area contributed by atoms with E-state index in [0.29, 0.717) is 50.7 Å². The molecule has 14 N–H and O–H groups in total. The number of carbonyl (C=O) groups is 3. The fourth-order valence-electron chi connectivity index (χ4n) is 16.7. The number of aliphatic hydroxyl groups is 14. The number of esters is 2. The van der Waals surface area contributed by atoms with E-state index in [0.717, 1.165) is 12.5 Å². The number of aliphatic hydroxyl groups excluding tert-OH is 13. The fourth-order valence-corrected chi connectivity index (χ4v) is 16.7. The summed E-state index contributed by atoms with van der Waals surface area (Å²) in [6.45, 7) is 7.84. The fraction of sp³-hybridized carbons (Fsp3) is 0.833. The predicted molar refractivity (Wildman–Crippen MR) is 326 cm³/mol. The molecule has 550 valence electrons. The van der Waals surface area contributed by atoms with E-state index in [-0.39, 0.29) is 53.6 Å². The summed E-state index contributed by atoms with van der Waals surface area (Å²) >= 11 is 0. The number of benzene rings is 1. The Kier molecular flexibility index (Phi) is 24.3. The first kappa shape index (κ1) is 75.9. The van der Waals surface area contributed by atoms with Crippen LogP contribution in [0.1, 0.15) is 110 Å². The number of Topliss-reactive ketones (excluding diaryl/α,β-unsaturated/α-hetero) is 1. The number of carbonyl (C=O) groups excluding carboxylic acids is 3. The van der Waals surface area contributed by atoms with Gasteiger partial charge in [0.25, 0.3) is 0 Å². The summed E-state index contributed by atoms with van der Waals surface area (Å²) in [6.07, 6.45) is -33.9. The van der Waals surface area contributed by atoms with Gasteiger partial charge in [0.05, 0.1) is 65.0 Å². The molecule has 1 aromatic carbocycles. The van der Waals surface area contributed by atoms with Crippen LogP contribution in [0.25, 0.3) is 0 Å². The van der Waals surface area contributed by atoms with Gasteiger partial charge in [-0.1, -0.05) is 46.3 Å². The highest BCUT2D eigenvalue weighted by molar-refractivity contribution is 5.90. The molecule has 5 saturated heterocycles. The molecule has 4 aliphatic carbocycles. The number of hydrogen-bond acceptors (Lipinski definition) is 31. The zero-order valence-corrected chi connectivity index (χ0v) is 55.7. The lowest BCUT2D eigenvalue weighted by molar-refractivity contribution is -0.365. The van der Waals surface area contributed by atoms with Crippen molar-refractivity contribution in [1.82, 2.24) is 0 Å². The Morgan fingerprint density at radius 1 is 0.619 bits per heavy atom. The van der Waals surface area contributed by atoms with Crippen molar-refractivity contribution in [3.8, 4) is 11.5 Å². The second-order valence-electron chi connectivity index (χ2n) is 28.5. The van der Waals surface area contributed by atoms with Gasteiger partial charge in [-0.3, -0.25) is 9.59 Å². The van der Waals surface area contributed by atoms with E-state index in [2.05, 4.69) is 13.0 Å². The van der Waals surface area contributed by atoms with Crippen LogP contribution in [-0.2, 0) is 66.4 Å². The summed E-state index contributed by atoms with van der Waals surface area (Å²) in [4.78, 5) is 41.3. The Hall–Kier alpha value is -3.79. The Morgan fingerprint density at radius 3 is 1.88 bits per heavy atom. The average Bonchev–Trinajstić information content (AvgIpc) is 1.56. The molecule has 0 unspecified atom stereocenters.